The van der Waals surface area contributed by atoms with E-state index in [1.807, 2.05) is 85.1 Å². The summed E-state index contributed by atoms with van der Waals surface area (Å²) < 4.78 is 7.57. The van der Waals surface area contributed by atoms with Gasteiger partial charge in [0, 0.05) is 26.5 Å². The van der Waals surface area contributed by atoms with Crippen LogP contribution in [-0.4, -0.2) is 10.7 Å². The van der Waals surface area contributed by atoms with Crippen molar-refractivity contribution in [1.29, 1.82) is 0 Å². The van der Waals surface area contributed by atoms with Crippen LogP contribution in [-0.2, 0) is 0 Å². The van der Waals surface area contributed by atoms with Gasteiger partial charge in [0.25, 0.3) is 0 Å². The Labute approximate surface area is 200 Å². The lowest BCUT2D eigenvalue weighted by Gasteiger charge is -2.08. The van der Waals surface area contributed by atoms with Gasteiger partial charge in [0.1, 0.15) is 11.5 Å². The van der Waals surface area contributed by atoms with E-state index in [-0.39, 0.29) is 0 Å². The summed E-state index contributed by atoms with van der Waals surface area (Å²) >= 11 is 2.25. The van der Waals surface area contributed by atoms with Crippen molar-refractivity contribution in [1.82, 2.24) is 4.98 Å². The molecule has 0 N–H and O–H groups in total. The largest absolute Gasteiger partial charge is 0.454 e. The summed E-state index contributed by atoms with van der Waals surface area (Å²) in [5, 5.41) is 0. The third-order valence-corrected chi connectivity index (χ3v) is 5.71. The van der Waals surface area contributed by atoms with Crippen LogP contribution >= 0.6 is 22.6 Å². The number of benzene rings is 3. The first-order chi connectivity index (χ1) is 15.8. The van der Waals surface area contributed by atoms with E-state index in [0.29, 0.717) is 5.82 Å². The average molecular weight is 526 g/mol. The summed E-state index contributed by atoms with van der Waals surface area (Å²) in [5.41, 5.74) is 4.82. The van der Waals surface area contributed by atoms with Gasteiger partial charge in [0.05, 0.1) is 0 Å². The van der Waals surface area contributed by atoms with Crippen LogP contribution < -0.4 is 0 Å². The molecular weight excluding hydrogens is 507 g/mol. The summed E-state index contributed by atoms with van der Waals surface area (Å²) in [5.74, 6) is 2.17. The second kappa shape index (κ2) is 9.32. The summed E-state index contributed by atoms with van der Waals surface area (Å²) in [4.78, 5) is 9.44. The first-order valence-electron chi connectivity index (χ1n) is 10.3. The molecule has 2 heterocycles. The average Bonchev–Trinajstić information content (AvgIpc) is 3.30. The molecule has 3 nitrogen and oxygen atoms in total. The molecule has 0 fully saturated rings. The van der Waals surface area contributed by atoms with E-state index in [1.54, 1.807) is 0 Å². The Morgan fingerprint density at radius 2 is 1.34 bits per heavy atom. The summed E-state index contributed by atoms with van der Waals surface area (Å²) in [6.45, 7) is 0. The van der Waals surface area contributed by atoms with E-state index in [4.69, 9.17) is 9.41 Å². The molecule has 0 atom stereocenters. The van der Waals surface area contributed by atoms with Crippen molar-refractivity contribution in [2.45, 2.75) is 0 Å². The molecule has 0 aliphatic rings. The number of pyridine rings is 1. The van der Waals surface area contributed by atoms with Crippen LogP contribution in [0.25, 0.3) is 22.5 Å². The lowest BCUT2D eigenvalue weighted by Crippen LogP contribution is -2.03. The quantitative estimate of drug-likeness (QED) is 0.173. The number of halogens is 1. The lowest BCUT2D eigenvalue weighted by molar-refractivity contribution is 0.573. The predicted octanol–water partition coefficient (Wildman–Crippen LogP) is 7.78. The fourth-order valence-electron chi connectivity index (χ4n) is 3.53. The van der Waals surface area contributed by atoms with Crippen LogP contribution in [0.3, 0.4) is 0 Å². The molecule has 0 radical (unpaired) electrons. The fraction of sp³-hybridized carbons (Fsp3) is 0. The highest BCUT2D eigenvalue weighted by molar-refractivity contribution is 14.1. The Morgan fingerprint density at radius 3 is 1.97 bits per heavy atom. The zero-order valence-electron chi connectivity index (χ0n) is 17.2. The molecule has 3 aromatic carbocycles. The minimum atomic E-state index is 0.640. The summed E-state index contributed by atoms with van der Waals surface area (Å²) in [6.07, 6.45) is 1.82. The molecule has 0 aliphatic heterocycles. The smallest absolute Gasteiger partial charge is 0.161 e. The monoisotopic (exact) mass is 526 g/mol. The van der Waals surface area contributed by atoms with Crippen LogP contribution in [0.2, 0.25) is 0 Å². The number of furan rings is 1. The first-order valence-corrected chi connectivity index (χ1v) is 11.4. The molecule has 2 aromatic heterocycles. The Bertz CT molecular complexity index is 1340. The topological polar surface area (TPSA) is 38.4 Å². The van der Waals surface area contributed by atoms with E-state index in [9.17, 15) is 0 Å². The first kappa shape index (κ1) is 20.4. The van der Waals surface area contributed by atoms with Crippen molar-refractivity contribution in [3.05, 3.63) is 130 Å². The fourth-order valence-corrected chi connectivity index (χ4v) is 3.85. The zero-order valence-corrected chi connectivity index (χ0v) is 19.3. The molecule has 154 valence electrons. The van der Waals surface area contributed by atoms with Crippen LogP contribution in [0, 0.1) is 3.57 Å². The van der Waals surface area contributed by atoms with Gasteiger partial charge in [0.2, 0.25) is 0 Å². The minimum Gasteiger partial charge on any atom is -0.454 e. The van der Waals surface area contributed by atoms with Crippen LogP contribution in [0.15, 0.2) is 125 Å². The van der Waals surface area contributed by atoms with Gasteiger partial charge in [-0.3, -0.25) is 0 Å². The maximum absolute atomic E-state index is 6.51. The second-order valence-electron chi connectivity index (χ2n) is 7.25. The highest BCUT2D eigenvalue weighted by Gasteiger charge is 2.21. The van der Waals surface area contributed by atoms with Crippen molar-refractivity contribution in [3.8, 4) is 22.5 Å². The van der Waals surface area contributed by atoms with Crippen molar-refractivity contribution in [2.24, 2.45) is 4.99 Å². The molecule has 0 unspecified atom stereocenters. The van der Waals surface area contributed by atoms with Gasteiger partial charge >= 0.3 is 0 Å². The molecule has 0 amide bonds. The SMILES string of the molecule is Ic1ccc(N=C(c2ccccc2)c2oc(-c3ccccc3)cc2-c2ccccc2)nc1. The number of nitrogens with zero attached hydrogens (tertiary/aromatic N) is 2. The molecule has 0 saturated carbocycles. The van der Waals surface area contributed by atoms with E-state index < -0.39 is 0 Å². The zero-order chi connectivity index (χ0) is 21.8. The number of aliphatic imine (C=N–C) groups is 1. The van der Waals surface area contributed by atoms with E-state index in [2.05, 4.69) is 57.9 Å². The Morgan fingerprint density at radius 1 is 0.719 bits per heavy atom. The number of aromatic nitrogens is 1. The molecule has 0 bridgehead atoms. The molecule has 0 spiro atoms. The highest BCUT2D eigenvalue weighted by atomic mass is 127. The van der Waals surface area contributed by atoms with Gasteiger partial charge in [-0.15, -0.1) is 0 Å². The van der Waals surface area contributed by atoms with Crippen molar-refractivity contribution >= 4 is 34.1 Å². The number of rotatable bonds is 5. The van der Waals surface area contributed by atoms with E-state index >= 15 is 0 Å². The predicted molar refractivity (Wildman–Crippen MR) is 138 cm³/mol. The molecule has 0 aliphatic carbocycles. The van der Waals surface area contributed by atoms with Gasteiger partial charge in [0.15, 0.2) is 11.6 Å². The van der Waals surface area contributed by atoms with Gasteiger partial charge in [-0.25, -0.2) is 9.98 Å². The third-order valence-electron chi connectivity index (χ3n) is 5.08. The maximum atomic E-state index is 6.51. The molecular formula is C28H19IN2O. The standard InChI is InChI=1S/C28H19IN2O/c29-23-16-17-26(30-19-23)31-27(22-14-8-3-9-15-22)28-24(20-10-4-1-5-11-20)18-25(32-28)21-12-6-2-7-13-21/h1-19H. The third kappa shape index (κ3) is 4.41. The number of hydrogen-bond donors (Lipinski definition) is 0. The van der Waals surface area contributed by atoms with Crippen molar-refractivity contribution in [3.63, 3.8) is 0 Å². The highest BCUT2D eigenvalue weighted by Crippen LogP contribution is 2.35. The van der Waals surface area contributed by atoms with Crippen LogP contribution in [0.4, 0.5) is 5.82 Å². The molecule has 4 heteroatoms. The molecule has 5 aromatic rings. The second-order valence-corrected chi connectivity index (χ2v) is 8.49. The molecule has 5 rings (SSSR count). The van der Waals surface area contributed by atoms with Gasteiger partial charge in [-0.1, -0.05) is 91.0 Å². The maximum Gasteiger partial charge on any atom is 0.161 e. The van der Waals surface area contributed by atoms with Crippen LogP contribution in [0.1, 0.15) is 11.3 Å². The Hall–Kier alpha value is -3.51. The Balaban J connectivity index is 1.75. The van der Waals surface area contributed by atoms with Gasteiger partial charge < -0.3 is 4.42 Å². The van der Waals surface area contributed by atoms with Crippen molar-refractivity contribution in [2.75, 3.05) is 0 Å². The minimum absolute atomic E-state index is 0.640. The summed E-state index contributed by atoms with van der Waals surface area (Å²) in [6, 6.07) is 36.6. The van der Waals surface area contributed by atoms with Gasteiger partial charge in [-0.05, 0) is 46.4 Å². The summed E-state index contributed by atoms with van der Waals surface area (Å²) in [7, 11) is 0. The van der Waals surface area contributed by atoms with E-state index in [0.717, 1.165) is 43.1 Å². The normalized spacial score (nSPS) is 11.5. The lowest BCUT2D eigenvalue weighted by atomic mass is 9.99. The van der Waals surface area contributed by atoms with E-state index in [1.165, 1.54) is 0 Å². The molecule has 32 heavy (non-hydrogen) atoms. The Kier molecular flexibility index (Phi) is 5.94. The van der Waals surface area contributed by atoms with Gasteiger partial charge in [-0.2, -0.15) is 0 Å². The van der Waals surface area contributed by atoms with Crippen LogP contribution in [0.5, 0.6) is 0 Å². The van der Waals surface area contributed by atoms with Crippen molar-refractivity contribution < 1.29 is 4.42 Å². The number of hydrogen-bond acceptors (Lipinski definition) is 3. The molecule has 0 saturated heterocycles.